The standard InChI is InChI=1S/C21H21N3O4S.CHF3O3S/c25-19(20(26)27)24-13-11-23(12-14-24)10-9-15-5-7-16(8-6-15)28-21-22-17-3-1-2-4-18(17)29-21;2-1(3,4)8(5,6)7/h1-8H,9-14H2,(H,26,27);(H,5,6,7). The van der Waals surface area contributed by atoms with Crippen molar-refractivity contribution in [2.45, 2.75) is 11.9 Å². The number of fused-ring (bicyclic) bond motifs is 1. The van der Waals surface area contributed by atoms with Crippen LogP contribution in [0.5, 0.6) is 10.9 Å². The van der Waals surface area contributed by atoms with Crippen molar-refractivity contribution in [2.75, 3.05) is 32.7 Å². The number of rotatable bonds is 5. The molecule has 0 bridgehead atoms. The van der Waals surface area contributed by atoms with E-state index in [4.69, 9.17) is 22.8 Å². The van der Waals surface area contributed by atoms with Crippen LogP contribution >= 0.6 is 11.3 Å². The summed E-state index contributed by atoms with van der Waals surface area (Å²) in [6, 6.07) is 15.9. The summed E-state index contributed by atoms with van der Waals surface area (Å²) < 4.78 is 64.5. The first-order valence-corrected chi connectivity index (χ1v) is 13.0. The smallest absolute Gasteiger partial charge is 0.474 e. The maximum Gasteiger partial charge on any atom is 0.522 e. The van der Waals surface area contributed by atoms with Gasteiger partial charge in [0.05, 0.1) is 10.2 Å². The largest absolute Gasteiger partial charge is 0.522 e. The average molecular weight is 562 g/mol. The van der Waals surface area contributed by atoms with Gasteiger partial charge in [-0.15, -0.1) is 0 Å². The first-order valence-electron chi connectivity index (χ1n) is 10.7. The van der Waals surface area contributed by atoms with Gasteiger partial charge in [-0.3, -0.25) is 14.2 Å². The monoisotopic (exact) mass is 561 g/mol. The number of benzene rings is 2. The predicted octanol–water partition coefficient (Wildman–Crippen LogP) is 3.25. The van der Waals surface area contributed by atoms with E-state index in [0.717, 1.165) is 28.9 Å². The highest BCUT2D eigenvalue weighted by atomic mass is 32.2. The number of ether oxygens (including phenoxy) is 1. The Morgan fingerprint density at radius 3 is 2.16 bits per heavy atom. The molecular weight excluding hydrogens is 539 g/mol. The Morgan fingerprint density at radius 1 is 1.03 bits per heavy atom. The molecule has 2 N–H and O–H groups in total. The van der Waals surface area contributed by atoms with Crippen LogP contribution in [0.2, 0.25) is 0 Å². The van der Waals surface area contributed by atoms with Crippen molar-refractivity contribution in [1.29, 1.82) is 0 Å². The molecule has 1 amide bonds. The Kier molecular flexibility index (Phi) is 9.07. The van der Waals surface area contributed by atoms with E-state index in [2.05, 4.69) is 9.88 Å². The first kappa shape index (κ1) is 28.3. The molecule has 3 aromatic rings. The highest BCUT2D eigenvalue weighted by molar-refractivity contribution is 7.86. The number of nitrogens with zero attached hydrogens (tertiary/aromatic N) is 3. The molecule has 1 aliphatic rings. The third-order valence-corrected chi connectivity index (χ3v) is 6.75. The minimum absolute atomic E-state index is 0.458. The van der Waals surface area contributed by atoms with Crippen LogP contribution in [0.1, 0.15) is 5.56 Å². The van der Waals surface area contributed by atoms with Gasteiger partial charge < -0.3 is 14.7 Å². The average Bonchev–Trinajstić information content (AvgIpc) is 3.25. The molecule has 2 aromatic carbocycles. The Labute approximate surface area is 213 Å². The van der Waals surface area contributed by atoms with E-state index >= 15 is 0 Å². The lowest BCUT2D eigenvalue weighted by Gasteiger charge is -2.33. The lowest BCUT2D eigenvalue weighted by atomic mass is 10.1. The zero-order chi connectivity index (χ0) is 27.2. The number of carboxylic acids is 1. The summed E-state index contributed by atoms with van der Waals surface area (Å²) in [4.78, 5) is 30.4. The van der Waals surface area contributed by atoms with Gasteiger partial charge in [0.25, 0.3) is 5.19 Å². The SMILES string of the molecule is O=C(O)C(=O)N1CCN(CCc2ccc(Oc3nc4ccccc4s3)cc2)CC1.O=S(=O)(O)C(F)(F)F. The predicted molar refractivity (Wildman–Crippen MR) is 128 cm³/mol. The molecule has 0 saturated carbocycles. The number of alkyl halides is 3. The molecule has 0 atom stereocenters. The summed E-state index contributed by atoms with van der Waals surface area (Å²) in [6.45, 7) is 3.17. The number of para-hydroxylation sites is 1. The van der Waals surface area contributed by atoms with E-state index in [-0.39, 0.29) is 0 Å². The number of halogens is 3. The zero-order valence-electron chi connectivity index (χ0n) is 19.1. The number of carbonyl (C=O) groups is 2. The Balaban J connectivity index is 0.000000414. The third kappa shape index (κ3) is 8.11. The van der Waals surface area contributed by atoms with Gasteiger partial charge in [0, 0.05) is 32.7 Å². The van der Waals surface area contributed by atoms with Gasteiger partial charge in [0.15, 0.2) is 0 Å². The number of piperazine rings is 1. The van der Waals surface area contributed by atoms with Gasteiger partial charge >= 0.3 is 27.5 Å². The normalized spacial score (nSPS) is 14.6. The molecule has 4 rings (SSSR count). The van der Waals surface area contributed by atoms with Crippen LogP contribution in [0.3, 0.4) is 0 Å². The quantitative estimate of drug-likeness (QED) is 0.273. The molecule has 37 heavy (non-hydrogen) atoms. The van der Waals surface area contributed by atoms with Gasteiger partial charge in [0.1, 0.15) is 5.75 Å². The van der Waals surface area contributed by atoms with Crippen LogP contribution in [0.25, 0.3) is 10.2 Å². The van der Waals surface area contributed by atoms with Crippen LogP contribution in [0.15, 0.2) is 48.5 Å². The fourth-order valence-corrected chi connectivity index (χ4v) is 4.15. The maximum absolute atomic E-state index is 11.5. The number of carboxylic acid groups (broad SMARTS) is 1. The second kappa shape index (κ2) is 11.9. The number of aliphatic carboxylic acids is 1. The Hall–Kier alpha value is -3.27. The molecule has 1 fully saturated rings. The van der Waals surface area contributed by atoms with E-state index in [1.165, 1.54) is 21.8 Å². The number of aromatic nitrogens is 1. The van der Waals surface area contributed by atoms with Gasteiger partial charge in [-0.25, -0.2) is 9.78 Å². The van der Waals surface area contributed by atoms with Crippen LogP contribution in [-0.4, -0.2) is 83.0 Å². The fraction of sp³-hybridized carbons (Fsp3) is 0.318. The summed E-state index contributed by atoms with van der Waals surface area (Å²) in [5.41, 5.74) is -3.40. The topological polar surface area (TPSA) is 137 Å². The van der Waals surface area contributed by atoms with E-state index in [1.807, 2.05) is 48.5 Å². The Morgan fingerprint density at radius 2 is 1.62 bits per heavy atom. The first-order chi connectivity index (χ1) is 17.3. The van der Waals surface area contributed by atoms with Gasteiger partial charge in [-0.05, 0) is 36.2 Å². The molecule has 200 valence electrons. The van der Waals surface area contributed by atoms with E-state index in [9.17, 15) is 22.8 Å². The van der Waals surface area contributed by atoms with E-state index in [0.29, 0.717) is 31.4 Å². The minimum atomic E-state index is -5.84. The minimum Gasteiger partial charge on any atom is -0.474 e. The number of hydrogen-bond acceptors (Lipinski definition) is 8. The molecule has 0 unspecified atom stereocenters. The second-order valence-corrected chi connectivity index (χ2v) is 10.2. The lowest BCUT2D eigenvalue weighted by Crippen LogP contribution is -2.50. The molecular formula is C22H22F3N3O7S2. The lowest BCUT2D eigenvalue weighted by molar-refractivity contribution is -0.156. The van der Waals surface area contributed by atoms with Crippen molar-refractivity contribution in [2.24, 2.45) is 0 Å². The maximum atomic E-state index is 11.5. The van der Waals surface area contributed by atoms with Crippen LogP contribution in [0, 0.1) is 0 Å². The van der Waals surface area contributed by atoms with Gasteiger partial charge in [-0.2, -0.15) is 21.6 Å². The molecule has 10 nitrogen and oxygen atoms in total. The number of hydrogen-bond donors (Lipinski definition) is 2. The van der Waals surface area contributed by atoms with E-state index < -0.39 is 27.5 Å². The zero-order valence-corrected chi connectivity index (χ0v) is 20.7. The molecule has 0 radical (unpaired) electrons. The molecule has 2 heterocycles. The van der Waals surface area contributed by atoms with Crippen LogP contribution < -0.4 is 4.74 Å². The number of thiazole rings is 1. The molecule has 1 aliphatic heterocycles. The molecule has 0 spiro atoms. The third-order valence-electron chi connectivity index (χ3n) is 5.25. The van der Waals surface area contributed by atoms with Crippen molar-refractivity contribution < 1.29 is 45.6 Å². The highest BCUT2D eigenvalue weighted by Gasteiger charge is 2.44. The van der Waals surface area contributed by atoms with Crippen molar-refractivity contribution in [3.63, 3.8) is 0 Å². The van der Waals surface area contributed by atoms with Crippen molar-refractivity contribution in [3.05, 3.63) is 54.1 Å². The van der Waals surface area contributed by atoms with Crippen molar-refractivity contribution in [1.82, 2.24) is 14.8 Å². The summed E-state index contributed by atoms with van der Waals surface area (Å²) in [7, 11) is -5.84. The fourth-order valence-electron chi connectivity index (χ4n) is 3.32. The summed E-state index contributed by atoms with van der Waals surface area (Å²) in [6.07, 6.45) is 0.883. The Bertz CT molecular complexity index is 1300. The van der Waals surface area contributed by atoms with Crippen LogP contribution in [0.4, 0.5) is 13.2 Å². The molecule has 0 aliphatic carbocycles. The molecule has 15 heteroatoms. The molecule has 1 saturated heterocycles. The van der Waals surface area contributed by atoms with Gasteiger partial charge in [0.2, 0.25) is 0 Å². The van der Waals surface area contributed by atoms with Gasteiger partial charge in [-0.1, -0.05) is 35.6 Å². The number of amides is 1. The number of carbonyl (C=O) groups excluding carboxylic acids is 1. The van der Waals surface area contributed by atoms with E-state index in [1.54, 1.807) is 0 Å². The van der Waals surface area contributed by atoms with Crippen molar-refractivity contribution >= 4 is 43.5 Å². The summed E-state index contributed by atoms with van der Waals surface area (Å²) in [5, 5.41) is 9.42. The summed E-state index contributed by atoms with van der Waals surface area (Å²) >= 11 is 1.52. The van der Waals surface area contributed by atoms with Crippen LogP contribution in [-0.2, 0) is 26.1 Å². The molecule has 1 aromatic heterocycles. The summed E-state index contributed by atoms with van der Waals surface area (Å²) in [5.74, 6) is -1.44. The second-order valence-electron chi connectivity index (χ2n) is 7.80. The van der Waals surface area contributed by atoms with Crippen molar-refractivity contribution in [3.8, 4) is 10.9 Å². The highest BCUT2D eigenvalue weighted by Crippen LogP contribution is 2.31.